The summed E-state index contributed by atoms with van der Waals surface area (Å²) in [6.07, 6.45) is 5.08. The van der Waals surface area contributed by atoms with E-state index in [2.05, 4.69) is 9.88 Å². The highest BCUT2D eigenvalue weighted by molar-refractivity contribution is 7.13. The van der Waals surface area contributed by atoms with Crippen molar-refractivity contribution < 1.29 is 8.81 Å². The Kier molecular flexibility index (Phi) is 4.45. The molecule has 3 nitrogen and oxygen atoms in total. The Balaban J connectivity index is 1.41. The monoisotopic (exact) mass is 342 g/mol. The molecule has 1 aliphatic rings. The average molecular weight is 342 g/mol. The van der Waals surface area contributed by atoms with Gasteiger partial charge >= 0.3 is 0 Å². The van der Waals surface area contributed by atoms with Gasteiger partial charge in [-0.05, 0) is 48.4 Å². The van der Waals surface area contributed by atoms with Gasteiger partial charge in [0.15, 0.2) is 0 Å². The van der Waals surface area contributed by atoms with E-state index in [1.54, 1.807) is 29.7 Å². The summed E-state index contributed by atoms with van der Waals surface area (Å²) in [4.78, 5) is 8.10. The van der Waals surface area contributed by atoms with E-state index in [9.17, 15) is 4.39 Å². The molecule has 1 aliphatic carbocycles. The van der Waals surface area contributed by atoms with E-state index in [0.717, 1.165) is 35.6 Å². The normalized spacial score (nSPS) is 14.4. The second-order valence-corrected chi connectivity index (χ2v) is 7.15. The van der Waals surface area contributed by atoms with Crippen LogP contribution in [0.15, 0.2) is 52.5 Å². The van der Waals surface area contributed by atoms with Crippen LogP contribution in [0.3, 0.4) is 0 Å². The minimum atomic E-state index is -0.164. The second-order valence-electron chi connectivity index (χ2n) is 6.20. The molecule has 0 unspecified atom stereocenters. The summed E-state index contributed by atoms with van der Waals surface area (Å²) in [5.41, 5.74) is 2.00. The molecule has 24 heavy (non-hydrogen) atoms. The molecule has 124 valence electrons. The van der Waals surface area contributed by atoms with Gasteiger partial charge in [-0.2, -0.15) is 0 Å². The van der Waals surface area contributed by atoms with Gasteiger partial charge < -0.3 is 4.42 Å². The fourth-order valence-corrected chi connectivity index (χ4v) is 3.55. The third-order valence-corrected chi connectivity index (χ3v) is 5.15. The van der Waals surface area contributed by atoms with Crippen molar-refractivity contribution >= 4 is 11.3 Å². The van der Waals surface area contributed by atoms with Crippen LogP contribution in [0.4, 0.5) is 4.39 Å². The Bertz CT molecular complexity index is 795. The molecule has 2 heterocycles. The minimum absolute atomic E-state index is 0.164. The van der Waals surface area contributed by atoms with E-state index < -0.39 is 0 Å². The van der Waals surface area contributed by atoms with Gasteiger partial charge in [0.05, 0.1) is 10.6 Å². The zero-order valence-corrected chi connectivity index (χ0v) is 14.1. The predicted octanol–water partition coefficient (Wildman–Crippen LogP) is 4.75. The van der Waals surface area contributed by atoms with Crippen LogP contribution >= 0.6 is 11.3 Å². The molecule has 0 N–H and O–H groups in total. The summed E-state index contributed by atoms with van der Waals surface area (Å²) >= 11 is 1.63. The number of rotatable bonds is 7. The van der Waals surface area contributed by atoms with Gasteiger partial charge in [-0.25, -0.2) is 9.37 Å². The molecule has 0 radical (unpaired) electrons. The van der Waals surface area contributed by atoms with Gasteiger partial charge in [-0.3, -0.25) is 4.90 Å². The molecule has 0 bridgehead atoms. The maximum Gasteiger partial charge on any atom is 0.236 e. The molecule has 0 aliphatic heterocycles. The molecule has 1 saturated carbocycles. The van der Waals surface area contributed by atoms with Gasteiger partial charge in [-0.15, -0.1) is 11.3 Å². The van der Waals surface area contributed by atoms with Crippen LogP contribution in [0, 0.1) is 5.82 Å². The number of thiophene rings is 1. The van der Waals surface area contributed by atoms with E-state index in [1.165, 1.54) is 18.9 Å². The Morgan fingerprint density at radius 3 is 2.92 bits per heavy atom. The summed E-state index contributed by atoms with van der Waals surface area (Å²) in [7, 11) is 0. The largest absolute Gasteiger partial charge is 0.444 e. The van der Waals surface area contributed by atoms with Crippen molar-refractivity contribution in [2.45, 2.75) is 31.8 Å². The third-order valence-electron chi connectivity index (χ3n) is 4.29. The van der Waals surface area contributed by atoms with Crippen LogP contribution in [-0.2, 0) is 13.0 Å². The van der Waals surface area contributed by atoms with Crippen LogP contribution in [0.5, 0.6) is 0 Å². The van der Waals surface area contributed by atoms with Crippen LogP contribution in [-0.4, -0.2) is 22.5 Å². The maximum atomic E-state index is 13.3. The average Bonchev–Trinajstić information content (AvgIpc) is 3.09. The number of benzene rings is 1. The SMILES string of the molecule is Fc1cccc(CCN(Cc2coc(-c3cccs3)n2)C2CC2)c1. The molecule has 0 atom stereocenters. The molecular weight excluding hydrogens is 323 g/mol. The van der Waals surface area contributed by atoms with E-state index >= 15 is 0 Å². The van der Waals surface area contributed by atoms with Crippen molar-refractivity contribution in [1.82, 2.24) is 9.88 Å². The third kappa shape index (κ3) is 3.74. The molecular formula is C19H19FN2OS. The zero-order valence-electron chi connectivity index (χ0n) is 13.3. The predicted molar refractivity (Wildman–Crippen MR) is 93.4 cm³/mol. The van der Waals surface area contributed by atoms with Gasteiger partial charge in [0.25, 0.3) is 0 Å². The van der Waals surface area contributed by atoms with Crippen LogP contribution in [0.1, 0.15) is 24.1 Å². The molecule has 0 saturated heterocycles. The smallest absolute Gasteiger partial charge is 0.236 e. The van der Waals surface area contributed by atoms with E-state index in [0.29, 0.717) is 11.9 Å². The first-order valence-electron chi connectivity index (χ1n) is 8.25. The first kappa shape index (κ1) is 15.5. The van der Waals surface area contributed by atoms with Crippen molar-refractivity contribution in [3.8, 4) is 10.8 Å². The number of oxazole rings is 1. The van der Waals surface area contributed by atoms with Crippen molar-refractivity contribution in [1.29, 1.82) is 0 Å². The lowest BCUT2D eigenvalue weighted by Gasteiger charge is -2.20. The summed E-state index contributed by atoms with van der Waals surface area (Å²) in [6.45, 7) is 1.70. The highest BCUT2D eigenvalue weighted by Crippen LogP contribution is 2.29. The van der Waals surface area contributed by atoms with E-state index in [-0.39, 0.29) is 5.82 Å². The van der Waals surface area contributed by atoms with Crippen molar-refractivity contribution in [2.75, 3.05) is 6.54 Å². The summed E-state index contributed by atoms with van der Waals surface area (Å²) < 4.78 is 18.9. The first-order chi connectivity index (χ1) is 11.8. The quantitative estimate of drug-likeness (QED) is 0.620. The van der Waals surface area contributed by atoms with Crippen molar-refractivity contribution in [3.63, 3.8) is 0 Å². The Morgan fingerprint density at radius 2 is 2.17 bits per heavy atom. The zero-order chi connectivity index (χ0) is 16.4. The van der Waals surface area contributed by atoms with Crippen LogP contribution in [0.2, 0.25) is 0 Å². The molecule has 3 aromatic rings. The van der Waals surface area contributed by atoms with Gasteiger partial charge in [0, 0.05) is 19.1 Å². The summed E-state index contributed by atoms with van der Waals surface area (Å²) in [5, 5.41) is 2.02. The molecule has 5 heteroatoms. The first-order valence-corrected chi connectivity index (χ1v) is 9.13. The summed E-state index contributed by atoms with van der Waals surface area (Å²) in [6, 6.07) is 11.5. The lowest BCUT2D eigenvalue weighted by molar-refractivity contribution is 0.255. The number of hydrogen-bond donors (Lipinski definition) is 0. The molecule has 2 aromatic heterocycles. The Labute approximate surface area is 144 Å². The summed E-state index contributed by atoms with van der Waals surface area (Å²) in [5.74, 6) is 0.531. The lowest BCUT2D eigenvalue weighted by atomic mass is 10.1. The highest BCUT2D eigenvalue weighted by Gasteiger charge is 2.29. The fraction of sp³-hybridized carbons (Fsp3) is 0.316. The van der Waals surface area contributed by atoms with Crippen molar-refractivity contribution in [2.24, 2.45) is 0 Å². The Hall–Kier alpha value is -1.98. The van der Waals surface area contributed by atoms with Gasteiger partial charge in [-0.1, -0.05) is 18.2 Å². The van der Waals surface area contributed by atoms with E-state index in [4.69, 9.17) is 4.42 Å². The second kappa shape index (κ2) is 6.87. The standard InChI is InChI=1S/C19H19FN2OS/c20-15-4-1-3-14(11-15)8-9-22(17-6-7-17)12-16-13-23-19(21-16)18-5-2-10-24-18/h1-5,10-11,13,17H,6-9,12H2. The molecule has 4 rings (SSSR count). The van der Waals surface area contributed by atoms with Gasteiger partial charge in [0.2, 0.25) is 5.89 Å². The fourth-order valence-electron chi connectivity index (χ4n) is 2.90. The van der Waals surface area contributed by atoms with Crippen molar-refractivity contribution in [3.05, 3.63) is 65.1 Å². The van der Waals surface area contributed by atoms with Crippen LogP contribution in [0.25, 0.3) is 10.8 Å². The topological polar surface area (TPSA) is 29.3 Å². The molecule has 1 aromatic carbocycles. The van der Waals surface area contributed by atoms with Crippen LogP contribution < -0.4 is 0 Å². The molecule has 1 fully saturated rings. The minimum Gasteiger partial charge on any atom is -0.444 e. The number of nitrogens with zero attached hydrogens (tertiary/aromatic N) is 2. The number of aromatic nitrogens is 1. The van der Waals surface area contributed by atoms with Gasteiger partial charge in [0.1, 0.15) is 12.1 Å². The molecule has 0 spiro atoms. The lowest BCUT2D eigenvalue weighted by Crippen LogP contribution is -2.28. The highest BCUT2D eigenvalue weighted by atomic mass is 32.1. The Morgan fingerprint density at radius 1 is 1.25 bits per heavy atom. The number of hydrogen-bond acceptors (Lipinski definition) is 4. The number of halogens is 1. The van der Waals surface area contributed by atoms with E-state index in [1.807, 2.05) is 23.6 Å². The maximum absolute atomic E-state index is 13.3. The molecule has 0 amide bonds.